The van der Waals surface area contributed by atoms with Crippen molar-refractivity contribution in [3.8, 4) is 0 Å². The van der Waals surface area contributed by atoms with Crippen LogP contribution in [0.4, 0.5) is 11.6 Å². The van der Waals surface area contributed by atoms with Crippen LogP contribution in [0.5, 0.6) is 0 Å². The molecule has 9 heteroatoms. The third-order valence-corrected chi connectivity index (χ3v) is 4.88. The summed E-state index contributed by atoms with van der Waals surface area (Å²) in [5, 5.41) is 16.1. The number of nitrogens with one attached hydrogen (secondary N) is 1. The molecule has 0 atom stereocenters. The summed E-state index contributed by atoms with van der Waals surface area (Å²) in [6.45, 7) is 6.91. The summed E-state index contributed by atoms with van der Waals surface area (Å²) in [7, 11) is 0. The molecule has 0 fully saturated rings. The second-order valence-corrected chi connectivity index (χ2v) is 7.03. The molecule has 3 aromatic rings. The van der Waals surface area contributed by atoms with E-state index in [4.69, 9.17) is 4.74 Å². The van der Waals surface area contributed by atoms with E-state index in [0.29, 0.717) is 59.9 Å². The minimum absolute atomic E-state index is 0.0312. The van der Waals surface area contributed by atoms with E-state index in [0.717, 1.165) is 0 Å². The average Bonchev–Trinajstić information content (AvgIpc) is 2.76. The van der Waals surface area contributed by atoms with Gasteiger partial charge < -0.3 is 4.74 Å². The molecule has 2 aromatic carbocycles. The molecule has 0 spiro atoms. The van der Waals surface area contributed by atoms with Crippen molar-refractivity contribution in [3.05, 3.63) is 74.1 Å². The molecule has 0 radical (unpaired) electrons. The molecule has 1 N–H and O–H groups in total. The highest BCUT2D eigenvalue weighted by molar-refractivity contribution is 5.99. The predicted octanol–water partition coefficient (Wildman–Crippen LogP) is 3.88. The van der Waals surface area contributed by atoms with E-state index in [1.807, 2.05) is 13.0 Å². The van der Waals surface area contributed by atoms with Crippen LogP contribution < -0.4 is 11.0 Å². The molecule has 1 heterocycles. The molecule has 0 unspecified atom stereocenters. The van der Waals surface area contributed by atoms with Crippen molar-refractivity contribution in [2.45, 2.75) is 33.7 Å². The number of hydrogen-bond donors (Lipinski definition) is 1. The van der Waals surface area contributed by atoms with Crippen molar-refractivity contribution >= 4 is 28.3 Å². The number of anilines is 1. The van der Waals surface area contributed by atoms with Gasteiger partial charge in [-0.05, 0) is 39.3 Å². The molecule has 162 valence electrons. The van der Waals surface area contributed by atoms with Crippen molar-refractivity contribution in [2.24, 2.45) is 5.10 Å². The monoisotopic (exact) mass is 423 g/mol. The van der Waals surface area contributed by atoms with Gasteiger partial charge in [0.1, 0.15) is 0 Å². The van der Waals surface area contributed by atoms with E-state index in [1.54, 1.807) is 44.2 Å². The predicted molar refractivity (Wildman–Crippen MR) is 121 cm³/mol. The van der Waals surface area contributed by atoms with Crippen LogP contribution in [0.2, 0.25) is 0 Å². The fraction of sp³-hybridized carbons (Fsp3) is 0.318. The Morgan fingerprint density at radius 2 is 2.06 bits per heavy atom. The van der Waals surface area contributed by atoms with E-state index in [1.165, 1.54) is 10.6 Å². The molecule has 0 amide bonds. The number of hydrazone groups is 1. The molecule has 0 saturated heterocycles. The maximum Gasteiger partial charge on any atom is 0.272 e. The van der Waals surface area contributed by atoms with Crippen molar-refractivity contribution in [3.63, 3.8) is 0 Å². The first-order valence-electron chi connectivity index (χ1n) is 10.1. The molecule has 1 aromatic heterocycles. The lowest BCUT2D eigenvalue weighted by Crippen LogP contribution is -2.25. The average molecular weight is 423 g/mol. The Balaban J connectivity index is 1.95. The second kappa shape index (κ2) is 9.94. The molecule has 0 saturated carbocycles. The Morgan fingerprint density at radius 1 is 1.29 bits per heavy atom. The number of para-hydroxylation sites is 1. The zero-order valence-corrected chi connectivity index (χ0v) is 17.8. The van der Waals surface area contributed by atoms with Crippen LogP contribution in [0.15, 0.2) is 52.4 Å². The fourth-order valence-corrected chi connectivity index (χ4v) is 3.16. The number of nitro benzene ring substituents is 1. The number of aromatic nitrogens is 2. The third-order valence-electron chi connectivity index (χ3n) is 4.88. The van der Waals surface area contributed by atoms with Gasteiger partial charge in [0.15, 0.2) is 0 Å². The number of nitro groups is 1. The van der Waals surface area contributed by atoms with Gasteiger partial charge in [0.2, 0.25) is 5.95 Å². The maximum atomic E-state index is 13.0. The van der Waals surface area contributed by atoms with Gasteiger partial charge in [-0.15, -0.1) is 0 Å². The number of fused-ring (bicyclic) bond motifs is 1. The molecular weight excluding hydrogens is 398 g/mol. The van der Waals surface area contributed by atoms with Gasteiger partial charge >= 0.3 is 0 Å². The van der Waals surface area contributed by atoms with Gasteiger partial charge in [0, 0.05) is 37.0 Å². The largest absolute Gasteiger partial charge is 0.382 e. The van der Waals surface area contributed by atoms with Crippen LogP contribution >= 0.6 is 0 Å². The summed E-state index contributed by atoms with van der Waals surface area (Å²) >= 11 is 0. The number of rotatable bonds is 9. The smallest absolute Gasteiger partial charge is 0.272 e. The lowest BCUT2D eigenvalue weighted by Gasteiger charge is -2.13. The second-order valence-electron chi connectivity index (χ2n) is 7.03. The van der Waals surface area contributed by atoms with Crippen LogP contribution in [0.3, 0.4) is 0 Å². The molecule has 0 bridgehead atoms. The van der Waals surface area contributed by atoms with Crippen molar-refractivity contribution in [1.82, 2.24) is 9.55 Å². The van der Waals surface area contributed by atoms with Gasteiger partial charge in [0.05, 0.1) is 21.5 Å². The zero-order chi connectivity index (χ0) is 22.4. The summed E-state index contributed by atoms with van der Waals surface area (Å²) in [6, 6.07) is 12.1. The topological polar surface area (TPSA) is 112 Å². The Hall–Kier alpha value is -3.59. The molecule has 0 aliphatic carbocycles. The Morgan fingerprint density at radius 3 is 2.81 bits per heavy atom. The van der Waals surface area contributed by atoms with Gasteiger partial charge in [-0.25, -0.2) is 10.4 Å². The van der Waals surface area contributed by atoms with Gasteiger partial charge in [0.25, 0.3) is 11.2 Å². The first-order chi connectivity index (χ1) is 14.9. The Kier molecular flexibility index (Phi) is 7.09. The van der Waals surface area contributed by atoms with Crippen LogP contribution in [0.25, 0.3) is 10.9 Å². The molecule has 9 nitrogen and oxygen atoms in total. The van der Waals surface area contributed by atoms with Crippen molar-refractivity contribution < 1.29 is 9.66 Å². The van der Waals surface area contributed by atoms with E-state index in [2.05, 4.69) is 15.5 Å². The van der Waals surface area contributed by atoms with E-state index in [-0.39, 0.29) is 11.2 Å². The molecule has 0 aliphatic heterocycles. The summed E-state index contributed by atoms with van der Waals surface area (Å²) in [6.07, 6.45) is 0.648. The summed E-state index contributed by atoms with van der Waals surface area (Å²) in [4.78, 5) is 28.4. The lowest BCUT2D eigenvalue weighted by atomic mass is 10.1. The first kappa shape index (κ1) is 22.1. The normalized spacial score (nSPS) is 11.6. The SMILES string of the molecule is CCOCCCn1c(N/N=C(/C)c2ccc(C)c([N+](=O)[O-])c2)nc2ccccc2c1=O. The Labute approximate surface area is 179 Å². The zero-order valence-electron chi connectivity index (χ0n) is 17.8. The van der Waals surface area contributed by atoms with Crippen LogP contribution in [-0.4, -0.2) is 33.4 Å². The van der Waals surface area contributed by atoms with Crippen molar-refractivity contribution in [1.29, 1.82) is 0 Å². The minimum atomic E-state index is -0.416. The van der Waals surface area contributed by atoms with Crippen LogP contribution in [0.1, 0.15) is 31.4 Å². The highest BCUT2D eigenvalue weighted by Gasteiger charge is 2.13. The van der Waals surface area contributed by atoms with Gasteiger partial charge in [-0.3, -0.25) is 19.5 Å². The summed E-state index contributed by atoms with van der Waals surface area (Å²) in [5.74, 6) is 0.307. The van der Waals surface area contributed by atoms with Gasteiger partial charge in [-0.2, -0.15) is 5.10 Å². The van der Waals surface area contributed by atoms with Gasteiger partial charge in [-0.1, -0.05) is 24.3 Å². The standard InChI is InChI=1S/C22H25N5O4/c1-4-31-13-7-12-26-21(28)18-8-5-6-9-19(18)23-22(26)25-24-16(3)17-11-10-15(2)20(14-17)27(29)30/h5-6,8-11,14H,4,7,12-13H2,1-3H3,(H,23,25)/b24-16-. The summed E-state index contributed by atoms with van der Waals surface area (Å²) < 4.78 is 6.92. The molecule has 0 aliphatic rings. The number of ether oxygens (including phenoxy) is 1. The number of hydrogen-bond acceptors (Lipinski definition) is 7. The van der Waals surface area contributed by atoms with E-state index < -0.39 is 4.92 Å². The maximum absolute atomic E-state index is 13.0. The summed E-state index contributed by atoms with van der Waals surface area (Å²) in [5.41, 5.74) is 5.03. The third kappa shape index (κ3) is 5.13. The number of benzene rings is 2. The molecular formula is C22H25N5O4. The highest BCUT2D eigenvalue weighted by Crippen LogP contribution is 2.20. The molecule has 31 heavy (non-hydrogen) atoms. The minimum Gasteiger partial charge on any atom is -0.382 e. The Bertz CT molecular complexity index is 1190. The fourth-order valence-electron chi connectivity index (χ4n) is 3.16. The number of aryl methyl sites for hydroxylation is 1. The lowest BCUT2D eigenvalue weighted by molar-refractivity contribution is -0.385. The number of nitrogens with zero attached hydrogens (tertiary/aromatic N) is 4. The highest BCUT2D eigenvalue weighted by atomic mass is 16.6. The van der Waals surface area contributed by atoms with E-state index in [9.17, 15) is 14.9 Å². The molecule has 3 rings (SSSR count). The van der Waals surface area contributed by atoms with Crippen LogP contribution in [-0.2, 0) is 11.3 Å². The first-order valence-corrected chi connectivity index (χ1v) is 10.1. The van der Waals surface area contributed by atoms with Crippen LogP contribution in [0, 0.1) is 17.0 Å². The van der Waals surface area contributed by atoms with E-state index >= 15 is 0 Å². The van der Waals surface area contributed by atoms with Crippen molar-refractivity contribution in [2.75, 3.05) is 18.6 Å². The quantitative estimate of drug-likeness (QED) is 0.242.